The molecule has 0 fully saturated rings. The van der Waals surface area contributed by atoms with Gasteiger partial charge in [-0.05, 0) is 35.4 Å². The highest BCUT2D eigenvalue weighted by molar-refractivity contribution is 7.99. The van der Waals surface area contributed by atoms with Crippen LogP contribution in [0.5, 0.6) is 5.75 Å². The summed E-state index contributed by atoms with van der Waals surface area (Å²) in [6.07, 6.45) is 0.306. The zero-order valence-corrected chi connectivity index (χ0v) is 15.1. The third-order valence-electron chi connectivity index (χ3n) is 3.48. The number of carbonyl (C=O) groups excluding carboxylic acids is 2. The van der Waals surface area contributed by atoms with Crippen molar-refractivity contribution < 1.29 is 19.1 Å². The van der Waals surface area contributed by atoms with E-state index in [1.807, 2.05) is 48.5 Å². The Morgan fingerprint density at radius 3 is 2.20 bits per heavy atom. The minimum Gasteiger partial charge on any atom is -0.497 e. The van der Waals surface area contributed by atoms with Crippen LogP contribution in [-0.4, -0.2) is 31.8 Å². The largest absolute Gasteiger partial charge is 0.497 e. The number of benzene rings is 2. The van der Waals surface area contributed by atoms with E-state index in [4.69, 9.17) is 4.74 Å². The second-order valence-electron chi connectivity index (χ2n) is 5.34. The first-order valence-corrected chi connectivity index (χ1v) is 8.92. The van der Waals surface area contributed by atoms with Gasteiger partial charge >= 0.3 is 5.97 Å². The van der Waals surface area contributed by atoms with Gasteiger partial charge in [0.2, 0.25) is 5.91 Å². The normalized spacial score (nSPS) is 10.2. The summed E-state index contributed by atoms with van der Waals surface area (Å²) in [5.74, 6) is 1.52. The van der Waals surface area contributed by atoms with Gasteiger partial charge in [0, 0.05) is 11.4 Å². The van der Waals surface area contributed by atoms with Crippen LogP contribution in [0.4, 0.5) is 5.69 Å². The van der Waals surface area contributed by atoms with Crippen LogP contribution < -0.4 is 10.1 Å². The third-order valence-corrected chi connectivity index (χ3v) is 4.46. The number of anilines is 1. The van der Waals surface area contributed by atoms with E-state index >= 15 is 0 Å². The highest BCUT2D eigenvalue weighted by Crippen LogP contribution is 2.16. The fraction of sp³-hybridized carbons (Fsp3) is 0.263. The van der Waals surface area contributed by atoms with Crippen LogP contribution in [0.25, 0.3) is 0 Å². The van der Waals surface area contributed by atoms with Crippen molar-refractivity contribution in [3.8, 4) is 5.75 Å². The van der Waals surface area contributed by atoms with Crippen molar-refractivity contribution in [3.05, 3.63) is 59.7 Å². The Labute approximate surface area is 151 Å². The van der Waals surface area contributed by atoms with Crippen LogP contribution in [0.2, 0.25) is 0 Å². The smallest absolute Gasteiger partial charge is 0.315 e. The predicted octanol–water partition coefficient (Wildman–Crippen LogP) is 3.28. The molecule has 1 amide bonds. The number of hydrogen-bond acceptors (Lipinski definition) is 5. The molecular formula is C19H21NO4S. The van der Waals surface area contributed by atoms with Gasteiger partial charge in [0.1, 0.15) is 5.75 Å². The maximum Gasteiger partial charge on any atom is 0.315 e. The first-order valence-electron chi connectivity index (χ1n) is 7.77. The van der Waals surface area contributed by atoms with E-state index in [1.165, 1.54) is 18.9 Å². The second-order valence-corrected chi connectivity index (χ2v) is 6.32. The molecule has 0 bridgehead atoms. The lowest BCUT2D eigenvalue weighted by Gasteiger charge is -2.07. The summed E-state index contributed by atoms with van der Waals surface area (Å²) in [5, 5.41) is 2.88. The summed E-state index contributed by atoms with van der Waals surface area (Å²) in [4.78, 5) is 23.2. The molecule has 0 atom stereocenters. The predicted molar refractivity (Wildman–Crippen MR) is 99.9 cm³/mol. The van der Waals surface area contributed by atoms with Crippen molar-refractivity contribution in [1.29, 1.82) is 0 Å². The molecule has 5 nitrogen and oxygen atoms in total. The topological polar surface area (TPSA) is 64.6 Å². The van der Waals surface area contributed by atoms with Gasteiger partial charge in [-0.3, -0.25) is 9.59 Å². The molecule has 0 radical (unpaired) electrons. The Bertz CT molecular complexity index is 698. The van der Waals surface area contributed by atoms with Crippen LogP contribution in [0.3, 0.4) is 0 Å². The molecule has 0 saturated heterocycles. The molecule has 132 valence electrons. The molecule has 0 aliphatic rings. The number of amides is 1. The third kappa shape index (κ3) is 6.51. The van der Waals surface area contributed by atoms with E-state index in [0.717, 1.165) is 28.3 Å². The molecule has 6 heteroatoms. The Balaban J connectivity index is 1.81. The molecule has 0 aromatic heterocycles. The van der Waals surface area contributed by atoms with Gasteiger partial charge in [-0.25, -0.2) is 0 Å². The lowest BCUT2D eigenvalue weighted by molar-refractivity contribution is -0.137. The van der Waals surface area contributed by atoms with E-state index < -0.39 is 0 Å². The summed E-state index contributed by atoms with van der Waals surface area (Å²) in [6, 6.07) is 15.0. The minimum atomic E-state index is -0.229. The molecule has 25 heavy (non-hydrogen) atoms. The summed E-state index contributed by atoms with van der Waals surface area (Å²) < 4.78 is 9.70. The quantitative estimate of drug-likeness (QED) is 0.733. The molecule has 0 heterocycles. The van der Waals surface area contributed by atoms with E-state index in [1.54, 1.807) is 7.11 Å². The summed E-state index contributed by atoms with van der Waals surface area (Å²) >= 11 is 1.49. The molecule has 2 aromatic carbocycles. The minimum absolute atomic E-state index is 0.0713. The van der Waals surface area contributed by atoms with Crippen LogP contribution in [0.15, 0.2) is 48.5 Å². The summed E-state index contributed by atoms with van der Waals surface area (Å²) in [7, 11) is 2.99. The fourth-order valence-corrected chi connectivity index (χ4v) is 2.94. The Hall–Kier alpha value is -2.47. The Morgan fingerprint density at radius 1 is 0.960 bits per heavy atom. The molecule has 0 spiro atoms. The number of esters is 1. The van der Waals surface area contributed by atoms with Crippen molar-refractivity contribution in [2.24, 2.45) is 0 Å². The maximum absolute atomic E-state index is 12.1. The fourth-order valence-electron chi connectivity index (χ4n) is 2.13. The van der Waals surface area contributed by atoms with Crippen molar-refractivity contribution in [2.45, 2.75) is 12.2 Å². The monoisotopic (exact) mass is 359 g/mol. The number of methoxy groups -OCH3 is 2. The number of carbonyl (C=O) groups is 2. The number of nitrogens with one attached hydrogen (secondary N) is 1. The molecule has 0 aliphatic heterocycles. The summed E-state index contributed by atoms with van der Waals surface area (Å²) in [6.45, 7) is 0. The highest BCUT2D eigenvalue weighted by Gasteiger charge is 2.05. The van der Waals surface area contributed by atoms with Crippen molar-refractivity contribution in [3.63, 3.8) is 0 Å². The Morgan fingerprint density at radius 2 is 1.60 bits per heavy atom. The van der Waals surface area contributed by atoms with Crippen LogP contribution in [0.1, 0.15) is 11.1 Å². The first kappa shape index (κ1) is 18.9. The standard InChI is InChI=1S/C19H21NO4S/c1-23-17-9-5-14(6-10-17)11-18(21)20-16-7-3-15(4-8-16)12-25-13-19(22)24-2/h3-10H,11-13H2,1-2H3,(H,20,21). The molecule has 2 aromatic rings. The highest BCUT2D eigenvalue weighted by atomic mass is 32.2. The van der Waals surface area contributed by atoms with Crippen molar-refractivity contribution in [1.82, 2.24) is 0 Å². The van der Waals surface area contributed by atoms with Crippen LogP contribution >= 0.6 is 11.8 Å². The van der Waals surface area contributed by atoms with Gasteiger partial charge in [0.25, 0.3) is 0 Å². The van der Waals surface area contributed by atoms with Gasteiger partial charge in [-0.1, -0.05) is 24.3 Å². The lowest BCUT2D eigenvalue weighted by Crippen LogP contribution is -2.14. The van der Waals surface area contributed by atoms with Gasteiger partial charge in [-0.2, -0.15) is 0 Å². The molecule has 0 aliphatic carbocycles. The number of thioether (sulfide) groups is 1. The molecular weight excluding hydrogens is 338 g/mol. The van der Waals surface area contributed by atoms with Gasteiger partial charge in [-0.15, -0.1) is 11.8 Å². The molecule has 2 rings (SSSR count). The molecule has 1 N–H and O–H groups in total. The maximum atomic E-state index is 12.1. The van der Waals surface area contributed by atoms with Gasteiger partial charge in [0.15, 0.2) is 0 Å². The first-order chi connectivity index (χ1) is 12.1. The molecule has 0 unspecified atom stereocenters. The number of rotatable bonds is 8. The second kappa shape index (κ2) is 9.74. The number of hydrogen-bond donors (Lipinski definition) is 1. The zero-order valence-electron chi connectivity index (χ0n) is 14.3. The number of ether oxygens (including phenoxy) is 2. The zero-order chi connectivity index (χ0) is 18.1. The summed E-state index contributed by atoms with van der Waals surface area (Å²) in [5.41, 5.74) is 2.76. The van der Waals surface area contributed by atoms with Crippen LogP contribution in [0, 0.1) is 0 Å². The van der Waals surface area contributed by atoms with Crippen molar-refractivity contribution >= 4 is 29.3 Å². The Kier molecular flexibility index (Phi) is 7.35. The lowest BCUT2D eigenvalue weighted by atomic mass is 10.1. The average Bonchev–Trinajstić information content (AvgIpc) is 2.63. The van der Waals surface area contributed by atoms with Gasteiger partial charge in [0.05, 0.1) is 26.4 Å². The van der Waals surface area contributed by atoms with Crippen molar-refractivity contribution in [2.75, 3.05) is 25.3 Å². The van der Waals surface area contributed by atoms with E-state index in [2.05, 4.69) is 10.1 Å². The molecule has 0 saturated carbocycles. The van der Waals surface area contributed by atoms with E-state index in [-0.39, 0.29) is 11.9 Å². The van der Waals surface area contributed by atoms with Crippen LogP contribution in [-0.2, 0) is 26.5 Å². The van der Waals surface area contributed by atoms with E-state index in [0.29, 0.717) is 12.2 Å². The van der Waals surface area contributed by atoms with E-state index in [9.17, 15) is 9.59 Å². The van der Waals surface area contributed by atoms with Gasteiger partial charge < -0.3 is 14.8 Å². The average molecular weight is 359 g/mol. The SMILES string of the molecule is COC(=O)CSCc1ccc(NC(=O)Cc2ccc(OC)cc2)cc1.